The zero-order valence-electron chi connectivity index (χ0n) is 11.5. The molecule has 2 atom stereocenters. The lowest BCUT2D eigenvalue weighted by Crippen LogP contribution is -2.49. The molecule has 0 aromatic heterocycles. The van der Waals surface area contributed by atoms with Crippen LogP contribution in [-0.4, -0.2) is 23.4 Å². The molecule has 1 heterocycles. The number of hydrogen-bond donors (Lipinski definition) is 1. The number of carbonyl (C=O) groups is 1. The third-order valence-electron chi connectivity index (χ3n) is 3.51. The van der Waals surface area contributed by atoms with Gasteiger partial charge in [-0.15, -0.1) is 0 Å². The molecular formula is C15H21ClN2O. The molecule has 2 unspecified atom stereocenters. The van der Waals surface area contributed by atoms with Gasteiger partial charge in [0.2, 0.25) is 5.91 Å². The van der Waals surface area contributed by atoms with Crippen LogP contribution in [0.3, 0.4) is 0 Å². The number of rotatable bonds is 3. The first-order valence-electron chi connectivity index (χ1n) is 6.79. The van der Waals surface area contributed by atoms with Crippen molar-refractivity contribution in [3.63, 3.8) is 0 Å². The van der Waals surface area contributed by atoms with Gasteiger partial charge in [-0.2, -0.15) is 0 Å². The lowest BCUT2D eigenvalue weighted by molar-refractivity contribution is -0.138. The predicted octanol–water partition coefficient (Wildman–Crippen LogP) is 2.99. The Morgan fingerprint density at radius 1 is 1.47 bits per heavy atom. The van der Waals surface area contributed by atoms with Crippen LogP contribution >= 0.6 is 11.6 Å². The SMILES string of the molecule is CC(C)CN1C(=O)CCC(N)C1c1cccc(Cl)c1. The minimum atomic E-state index is -0.0534. The average Bonchev–Trinajstić information content (AvgIpc) is 2.33. The van der Waals surface area contributed by atoms with E-state index in [1.807, 2.05) is 29.2 Å². The Balaban J connectivity index is 2.33. The van der Waals surface area contributed by atoms with E-state index >= 15 is 0 Å². The molecule has 1 aliphatic heterocycles. The molecule has 2 N–H and O–H groups in total. The fourth-order valence-corrected chi connectivity index (χ4v) is 2.90. The van der Waals surface area contributed by atoms with E-state index < -0.39 is 0 Å². The van der Waals surface area contributed by atoms with E-state index in [0.717, 1.165) is 18.5 Å². The first kappa shape index (κ1) is 14.4. The van der Waals surface area contributed by atoms with Crippen molar-refractivity contribution in [1.29, 1.82) is 0 Å². The monoisotopic (exact) mass is 280 g/mol. The van der Waals surface area contributed by atoms with E-state index in [1.54, 1.807) is 0 Å². The van der Waals surface area contributed by atoms with Crippen molar-refractivity contribution in [2.75, 3.05) is 6.54 Å². The Morgan fingerprint density at radius 2 is 2.21 bits per heavy atom. The molecule has 0 spiro atoms. The molecular weight excluding hydrogens is 260 g/mol. The maximum absolute atomic E-state index is 12.2. The number of benzene rings is 1. The van der Waals surface area contributed by atoms with Crippen molar-refractivity contribution < 1.29 is 4.79 Å². The Morgan fingerprint density at radius 3 is 2.84 bits per heavy atom. The highest BCUT2D eigenvalue weighted by atomic mass is 35.5. The Labute approximate surface area is 119 Å². The summed E-state index contributed by atoms with van der Waals surface area (Å²) in [6.45, 7) is 4.97. The smallest absolute Gasteiger partial charge is 0.223 e. The van der Waals surface area contributed by atoms with Crippen LogP contribution in [-0.2, 0) is 4.79 Å². The summed E-state index contributed by atoms with van der Waals surface area (Å²) in [5.41, 5.74) is 7.29. The maximum atomic E-state index is 12.2. The largest absolute Gasteiger partial charge is 0.334 e. The number of likely N-dealkylation sites (tertiary alicyclic amines) is 1. The summed E-state index contributed by atoms with van der Waals surface area (Å²) in [4.78, 5) is 14.1. The number of hydrogen-bond acceptors (Lipinski definition) is 2. The standard InChI is InChI=1S/C15H21ClN2O/c1-10(2)9-18-14(19)7-6-13(17)15(18)11-4-3-5-12(16)8-11/h3-5,8,10,13,15H,6-7,9,17H2,1-2H3. The molecule has 1 amide bonds. The van der Waals surface area contributed by atoms with Crippen molar-refractivity contribution >= 4 is 17.5 Å². The van der Waals surface area contributed by atoms with E-state index in [-0.39, 0.29) is 18.0 Å². The van der Waals surface area contributed by atoms with E-state index in [2.05, 4.69) is 13.8 Å². The van der Waals surface area contributed by atoms with Gasteiger partial charge in [-0.3, -0.25) is 4.79 Å². The molecule has 19 heavy (non-hydrogen) atoms. The molecule has 0 radical (unpaired) electrons. The normalized spacial score (nSPS) is 24.1. The lowest BCUT2D eigenvalue weighted by atomic mass is 9.90. The summed E-state index contributed by atoms with van der Waals surface area (Å²) in [5.74, 6) is 0.622. The fraction of sp³-hybridized carbons (Fsp3) is 0.533. The fourth-order valence-electron chi connectivity index (χ4n) is 2.70. The molecule has 4 heteroatoms. The topological polar surface area (TPSA) is 46.3 Å². The van der Waals surface area contributed by atoms with Crippen LogP contribution in [0.2, 0.25) is 5.02 Å². The van der Waals surface area contributed by atoms with Crippen LogP contribution in [0, 0.1) is 5.92 Å². The number of nitrogens with two attached hydrogens (primary N) is 1. The van der Waals surface area contributed by atoms with Crippen LogP contribution in [0.4, 0.5) is 0 Å². The summed E-state index contributed by atoms with van der Waals surface area (Å²) in [6.07, 6.45) is 1.29. The zero-order chi connectivity index (χ0) is 14.0. The molecule has 2 rings (SSSR count). The Bertz CT molecular complexity index is 461. The van der Waals surface area contributed by atoms with Crippen molar-refractivity contribution in [3.05, 3.63) is 34.9 Å². The molecule has 1 aromatic carbocycles. The quantitative estimate of drug-likeness (QED) is 0.925. The van der Waals surface area contributed by atoms with E-state index in [9.17, 15) is 4.79 Å². The Kier molecular flexibility index (Phi) is 4.48. The number of piperidine rings is 1. The third-order valence-corrected chi connectivity index (χ3v) is 3.74. The van der Waals surface area contributed by atoms with Crippen molar-refractivity contribution in [2.45, 2.75) is 38.8 Å². The van der Waals surface area contributed by atoms with Crippen LogP contribution in [0.15, 0.2) is 24.3 Å². The van der Waals surface area contributed by atoms with Gasteiger partial charge in [-0.25, -0.2) is 0 Å². The highest BCUT2D eigenvalue weighted by molar-refractivity contribution is 6.30. The first-order valence-corrected chi connectivity index (χ1v) is 7.17. The van der Waals surface area contributed by atoms with Gasteiger partial charge in [0.25, 0.3) is 0 Å². The molecule has 1 saturated heterocycles. The third kappa shape index (κ3) is 3.28. The van der Waals surface area contributed by atoms with Crippen LogP contribution < -0.4 is 5.73 Å². The number of amides is 1. The summed E-state index contributed by atoms with van der Waals surface area (Å²) < 4.78 is 0. The summed E-state index contributed by atoms with van der Waals surface area (Å²) in [7, 11) is 0. The van der Waals surface area contributed by atoms with Crippen molar-refractivity contribution in [2.24, 2.45) is 11.7 Å². The first-order chi connectivity index (χ1) is 8.99. The van der Waals surface area contributed by atoms with E-state index in [4.69, 9.17) is 17.3 Å². The van der Waals surface area contributed by atoms with Crippen molar-refractivity contribution in [3.8, 4) is 0 Å². The summed E-state index contributed by atoms with van der Waals surface area (Å²) in [5, 5.41) is 0.687. The zero-order valence-corrected chi connectivity index (χ0v) is 12.2. The molecule has 0 aliphatic carbocycles. The second-order valence-electron chi connectivity index (χ2n) is 5.64. The highest BCUT2D eigenvalue weighted by Gasteiger charge is 2.35. The molecule has 1 aromatic rings. The molecule has 0 saturated carbocycles. The maximum Gasteiger partial charge on any atom is 0.223 e. The number of carbonyl (C=O) groups excluding carboxylic acids is 1. The predicted molar refractivity (Wildman–Crippen MR) is 78.0 cm³/mol. The van der Waals surface area contributed by atoms with E-state index in [0.29, 0.717) is 17.4 Å². The number of halogens is 1. The number of nitrogens with zero attached hydrogens (tertiary/aromatic N) is 1. The second kappa shape index (κ2) is 5.93. The minimum absolute atomic E-state index is 0.0186. The van der Waals surface area contributed by atoms with Gasteiger partial charge < -0.3 is 10.6 Å². The van der Waals surface area contributed by atoms with Crippen LogP contribution in [0.25, 0.3) is 0 Å². The molecule has 1 aliphatic rings. The van der Waals surface area contributed by atoms with Gasteiger partial charge in [0.1, 0.15) is 0 Å². The van der Waals surface area contributed by atoms with Gasteiger partial charge in [0, 0.05) is 24.0 Å². The lowest BCUT2D eigenvalue weighted by Gasteiger charge is -2.41. The van der Waals surface area contributed by atoms with E-state index in [1.165, 1.54) is 0 Å². The van der Waals surface area contributed by atoms with Crippen LogP contribution in [0.5, 0.6) is 0 Å². The summed E-state index contributed by atoms with van der Waals surface area (Å²) >= 11 is 6.06. The molecule has 104 valence electrons. The molecule has 3 nitrogen and oxygen atoms in total. The minimum Gasteiger partial charge on any atom is -0.334 e. The van der Waals surface area contributed by atoms with Crippen molar-refractivity contribution in [1.82, 2.24) is 4.90 Å². The van der Waals surface area contributed by atoms with Gasteiger partial charge in [0.15, 0.2) is 0 Å². The second-order valence-corrected chi connectivity index (χ2v) is 6.08. The molecule has 1 fully saturated rings. The summed E-state index contributed by atoms with van der Waals surface area (Å²) in [6, 6.07) is 7.60. The highest BCUT2D eigenvalue weighted by Crippen LogP contribution is 2.32. The van der Waals surface area contributed by atoms with Gasteiger partial charge in [-0.1, -0.05) is 37.6 Å². The van der Waals surface area contributed by atoms with Gasteiger partial charge in [0.05, 0.1) is 6.04 Å². The van der Waals surface area contributed by atoms with Gasteiger partial charge in [-0.05, 0) is 30.0 Å². The average molecular weight is 281 g/mol. The van der Waals surface area contributed by atoms with Crippen LogP contribution in [0.1, 0.15) is 38.3 Å². The van der Waals surface area contributed by atoms with Gasteiger partial charge >= 0.3 is 0 Å². The molecule has 0 bridgehead atoms. The Hall–Kier alpha value is -1.06.